The summed E-state index contributed by atoms with van der Waals surface area (Å²) >= 11 is 1.66. The van der Waals surface area contributed by atoms with Crippen molar-refractivity contribution in [2.75, 3.05) is 18.5 Å². The van der Waals surface area contributed by atoms with Crippen molar-refractivity contribution in [3.8, 4) is 5.88 Å². The van der Waals surface area contributed by atoms with Gasteiger partial charge in [0.05, 0.1) is 23.4 Å². The normalized spacial score (nSPS) is 21.8. The number of halogens is 1. The second-order valence-electron chi connectivity index (χ2n) is 7.08. The van der Waals surface area contributed by atoms with Crippen LogP contribution >= 0.6 is 11.3 Å². The number of aromatic nitrogens is 2. The largest absolute Gasteiger partial charge is 0.474 e. The number of para-hydroxylation sites is 1. The molecule has 0 bridgehead atoms. The fourth-order valence-corrected chi connectivity index (χ4v) is 4.51. The molecular weight excluding hydrogens is 377 g/mol. The zero-order valence-corrected chi connectivity index (χ0v) is 16.0. The lowest BCUT2D eigenvalue weighted by Gasteiger charge is -2.35. The summed E-state index contributed by atoms with van der Waals surface area (Å²) < 4.78 is 26.3. The predicted octanol–water partition coefficient (Wildman–Crippen LogP) is 4.66. The molecule has 7 heteroatoms. The zero-order chi connectivity index (χ0) is 18.9. The molecule has 1 aliphatic heterocycles. The molecule has 0 spiro atoms. The average molecular weight is 397 g/mol. The molecule has 1 N–H and O–H groups in total. The van der Waals surface area contributed by atoms with Crippen LogP contribution < -0.4 is 10.1 Å². The first-order valence-electron chi connectivity index (χ1n) is 9.47. The summed E-state index contributed by atoms with van der Waals surface area (Å²) in [6.45, 7) is 1.24. The number of thiazole rings is 1. The van der Waals surface area contributed by atoms with Gasteiger partial charge in [0.25, 0.3) is 0 Å². The van der Waals surface area contributed by atoms with E-state index in [0.29, 0.717) is 25.1 Å². The Morgan fingerprint density at radius 1 is 1.14 bits per heavy atom. The first kappa shape index (κ1) is 17.6. The minimum atomic E-state index is -0.519. The number of rotatable bonds is 5. The lowest BCUT2D eigenvalue weighted by molar-refractivity contribution is 0.101. The van der Waals surface area contributed by atoms with Crippen molar-refractivity contribution < 1.29 is 13.9 Å². The van der Waals surface area contributed by atoms with E-state index in [-0.39, 0.29) is 6.10 Å². The third-order valence-electron chi connectivity index (χ3n) is 5.13. The van der Waals surface area contributed by atoms with Gasteiger partial charge in [-0.05, 0) is 36.3 Å². The van der Waals surface area contributed by atoms with Gasteiger partial charge in [-0.3, -0.25) is 0 Å². The molecule has 2 aliphatic rings. The molecule has 5 rings (SSSR count). The number of hydrogen-bond acceptors (Lipinski definition) is 6. The molecule has 1 aliphatic carbocycles. The number of nitrogens with zero attached hydrogens (tertiary/aromatic N) is 2. The first-order valence-corrected chi connectivity index (χ1v) is 10.3. The Labute approximate surface area is 166 Å². The third kappa shape index (κ3) is 3.59. The second kappa shape index (κ2) is 7.48. The number of anilines is 1. The van der Waals surface area contributed by atoms with Gasteiger partial charge in [0.2, 0.25) is 11.8 Å². The van der Waals surface area contributed by atoms with Crippen LogP contribution in [0.5, 0.6) is 5.88 Å². The maximum absolute atomic E-state index is 13.7. The van der Waals surface area contributed by atoms with Crippen LogP contribution in [0.2, 0.25) is 0 Å². The van der Waals surface area contributed by atoms with Gasteiger partial charge in [0, 0.05) is 24.4 Å². The van der Waals surface area contributed by atoms with E-state index in [4.69, 9.17) is 9.47 Å². The van der Waals surface area contributed by atoms with Gasteiger partial charge in [0.1, 0.15) is 6.10 Å². The van der Waals surface area contributed by atoms with E-state index in [2.05, 4.69) is 21.4 Å². The van der Waals surface area contributed by atoms with Crippen LogP contribution in [0.1, 0.15) is 24.8 Å². The molecule has 3 aromatic rings. The van der Waals surface area contributed by atoms with Gasteiger partial charge < -0.3 is 14.8 Å². The molecule has 3 heterocycles. The molecule has 28 heavy (non-hydrogen) atoms. The highest BCUT2D eigenvalue weighted by molar-refractivity contribution is 7.22. The topological polar surface area (TPSA) is 56.3 Å². The highest BCUT2D eigenvalue weighted by Crippen LogP contribution is 2.34. The Balaban J connectivity index is 1.24. The molecule has 1 fully saturated rings. The lowest BCUT2D eigenvalue weighted by atomic mass is 9.89. The fourth-order valence-electron chi connectivity index (χ4n) is 3.57. The molecule has 5 nitrogen and oxygen atoms in total. The summed E-state index contributed by atoms with van der Waals surface area (Å²) in [5, 5.41) is 4.41. The fraction of sp³-hybridized carbons (Fsp3) is 0.333. The molecule has 1 saturated carbocycles. The van der Waals surface area contributed by atoms with Gasteiger partial charge in [-0.2, -0.15) is 9.37 Å². The van der Waals surface area contributed by atoms with Crippen molar-refractivity contribution in [2.24, 2.45) is 0 Å². The van der Waals surface area contributed by atoms with Crippen molar-refractivity contribution in [3.05, 3.63) is 54.0 Å². The third-order valence-corrected chi connectivity index (χ3v) is 6.10. The second-order valence-corrected chi connectivity index (χ2v) is 8.11. The molecule has 0 atom stereocenters. The van der Waals surface area contributed by atoms with E-state index in [1.54, 1.807) is 17.4 Å². The lowest BCUT2D eigenvalue weighted by Crippen LogP contribution is -2.42. The number of hydrogen-bond donors (Lipinski definition) is 1. The predicted molar refractivity (Wildman–Crippen MR) is 108 cm³/mol. The summed E-state index contributed by atoms with van der Waals surface area (Å²) in [4.78, 5) is 8.62. The number of pyridine rings is 1. The minimum absolute atomic E-state index is 0.0281. The van der Waals surface area contributed by atoms with Gasteiger partial charge in [-0.25, -0.2) is 4.98 Å². The van der Waals surface area contributed by atoms with Crippen LogP contribution in [0.4, 0.5) is 9.52 Å². The van der Waals surface area contributed by atoms with E-state index in [0.717, 1.165) is 41.0 Å². The van der Waals surface area contributed by atoms with E-state index >= 15 is 0 Å². The van der Waals surface area contributed by atoms with Crippen LogP contribution in [0.25, 0.3) is 15.8 Å². The van der Waals surface area contributed by atoms with Crippen LogP contribution in [-0.4, -0.2) is 35.3 Å². The maximum Gasteiger partial charge on any atom is 0.223 e. The van der Waals surface area contributed by atoms with Crippen molar-refractivity contribution >= 4 is 32.3 Å². The standard InChI is InChI=1S/C21H20FN3O2S/c22-19-6-5-16(13-7-9-26-10-8-13)20(25-19)27-15-11-14(12-15)23-21-24-17-3-1-2-4-18(17)28-21/h1-7,14-15H,8-12H2,(H,23,24). The van der Waals surface area contributed by atoms with Gasteiger partial charge in [-0.1, -0.05) is 29.5 Å². The Kier molecular flexibility index (Phi) is 4.70. The Morgan fingerprint density at radius 2 is 2.04 bits per heavy atom. The highest BCUT2D eigenvalue weighted by atomic mass is 32.1. The molecule has 2 aromatic heterocycles. The molecule has 0 saturated heterocycles. The minimum Gasteiger partial charge on any atom is -0.474 e. The maximum atomic E-state index is 13.7. The summed E-state index contributed by atoms with van der Waals surface area (Å²) in [5.41, 5.74) is 2.99. The Hall–Kier alpha value is -2.51. The van der Waals surface area contributed by atoms with Crippen molar-refractivity contribution in [2.45, 2.75) is 31.4 Å². The highest BCUT2D eigenvalue weighted by Gasteiger charge is 2.32. The number of nitrogens with one attached hydrogen (secondary N) is 1. The van der Waals surface area contributed by atoms with Crippen LogP contribution in [0, 0.1) is 5.95 Å². The Morgan fingerprint density at radius 3 is 2.86 bits per heavy atom. The Bertz CT molecular complexity index is 996. The molecule has 144 valence electrons. The number of ether oxygens (including phenoxy) is 2. The summed E-state index contributed by atoms with van der Waals surface area (Å²) in [7, 11) is 0. The van der Waals surface area contributed by atoms with Crippen molar-refractivity contribution in [1.29, 1.82) is 0 Å². The smallest absolute Gasteiger partial charge is 0.223 e. The molecule has 0 radical (unpaired) electrons. The number of fused-ring (bicyclic) bond motifs is 1. The van der Waals surface area contributed by atoms with Crippen LogP contribution in [-0.2, 0) is 4.74 Å². The van der Waals surface area contributed by atoms with Gasteiger partial charge in [0.15, 0.2) is 5.13 Å². The van der Waals surface area contributed by atoms with Gasteiger partial charge >= 0.3 is 0 Å². The molecule has 0 amide bonds. The van der Waals surface area contributed by atoms with E-state index < -0.39 is 5.95 Å². The molecular formula is C21H20FN3O2S. The van der Waals surface area contributed by atoms with Gasteiger partial charge in [-0.15, -0.1) is 0 Å². The summed E-state index contributed by atoms with van der Waals surface area (Å²) in [5.74, 6) is -0.133. The van der Waals surface area contributed by atoms with E-state index in [1.165, 1.54) is 10.8 Å². The summed E-state index contributed by atoms with van der Waals surface area (Å²) in [6.07, 6.45) is 4.52. The molecule has 1 aromatic carbocycles. The zero-order valence-electron chi connectivity index (χ0n) is 15.2. The van der Waals surface area contributed by atoms with Crippen LogP contribution in [0.3, 0.4) is 0 Å². The number of benzene rings is 1. The monoisotopic (exact) mass is 397 g/mol. The quantitative estimate of drug-likeness (QED) is 0.635. The van der Waals surface area contributed by atoms with E-state index in [9.17, 15) is 4.39 Å². The SMILES string of the molecule is Fc1ccc(C2=CCOCC2)c(OC2CC(Nc3nc4ccccc4s3)C2)n1. The molecule has 0 unspecified atom stereocenters. The average Bonchev–Trinajstić information content (AvgIpc) is 3.10. The van der Waals surface area contributed by atoms with Crippen LogP contribution in [0.15, 0.2) is 42.5 Å². The summed E-state index contributed by atoms with van der Waals surface area (Å²) in [6, 6.07) is 11.6. The van der Waals surface area contributed by atoms with E-state index in [1.807, 2.05) is 24.3 Å². The van der Waals surface area contributed by atoms with Crippen molar-refractivity contribution in [3.63, 3.8) is 0 Å². The van der Waals surface area contributed by atoms with Crippen molar-refractivity contribution in [1.82, 2.24) is 9.97 Å². The first-order chi connectivity index (χ1) is 13.7.